The number of hydrogen-bond donors (Lipinski definition) is 0. The molecule has 1 fully saturated rings. The summed E-state index contributed by atoms with van der Waals surface area (Å²) < 4.78 is 17.8. The first kappa shape index (κ1) is 18.9. The van der Waals surface area contributed by atoms with E-state index in [1.165, 1.54) is 9.13 Å². The number of nitrogens with zero attached hydrogens (tertiary/aromatic N) is 5. The summed E-state index contributed by atoms with van der Waals surface area (Å²) in [5.74, 6) is 0.676. The summed E-state index contributed by atoms with van der Waals surface area (Å²) in [5.41, 5.74) is 2.12. The van der Waals surface area contributed by atoms with E-state index in [0.29, 0.717) is 36.7 Å². The molecule has 1 atom stereocenters. The molecule has 0 spiro atoms. The highest BCUT2D eigenvalue weighted by Crippen LogP contribution is 2.23. The lowest BCUT2D eigenvalue weighted by molar-refractivity contribution is 0.0974. The minimum atomic E-state index is -0.377. The molecule has 4 heterocycles. The molecule has 28 heavy (non-hydrogen) atoms. The zero-order valence-electron chi connectivity index (χ0n) is 16.9. The van der Waals surface area contributed by atoms with Crippen LogP contribution in [-0.4, -0.2) is 49.0 Å². The number of aromatic nitrogens is 5. The van der Waals surface area contributed by atoms with E-state index in [1.807, 2.05) is 25.2 Å². The maximum atomic E-state index is 13.2. The van der Waals surface area contributed by atoms with Gasteiger partial charge in [0.05, 0.1) is 25.8 Å². The molecule has 0 amide bonds. The van der Waals surface area contributed by atoms with E-state index < -0.39 is 0 Å². The van der Waals surface area contributed by atoms with Crippen LogP contribution in [0.3, 0.4) is 0 Å². The number of imidazole rings is 2. The predicted molar refractivity (Wildman–Crippen MR) is 105 cm³/mol. The van der Waals surface area contributed by atoms with Gasteiger partial charge in [0.1, 0.15) is 0 Å². The summed E-state index contributed by atoms with van der Waals surface area (Å²) in [6, 6.07) is 0. The van der Waals surface area contributed by atoms with Gasteiger partial charge < -0.3 is 14.0 Å². The summed E-state index contributed by atoms with van der Waals surface area (Å²) in [5, 5.41) is 0. The molecule has 0 N–H and O–H groups in total. The van der Waals surface area contributed by atoms with Crippen LogP contribution in [0.1, 0.15) is 31.2 Å². The molecule has 9 heteroatoms. The lowest BCUT2D eigenvalue weighted by Crippen LogP contribution is -2.40. The first-order valence-electron chi connectivity index (χ1n) is 9.82. The summed E-state index contributed by atoms with van der Waals surface area (Å²) in [4.78, 5) is 30.6. The van der Waals surface area contributed by atoms with E-state index in [9.17, 15) is 9.59 Å². The smallest absolute Gasteiger partial charge is 0.332 e. The van der Waals surface area contributed by atoms with Gasteiger partial charge in [0, 0.05) is 31.6 Å². The van der Waals surface area contributed by atoms with E-state index in [2.05, 4.69) is 9.55 Å². The molecule has 3 aromatic rings. The molecule has 0 unspecified atom stereocenters. The molecule has 4 rings (SSSR count). The van der Waals surface area contributed by atoms with Crippen LogP contribution in [0.5, 0.6) is 0 Å². The Hall–Kier alpha value is -2.39. The molecule has 0 radical (unpaired) electrons. The van der Waals surface area contributed by atoms with Gasteiger partial charge in [0.15, 0.2) is 11.2 Å². The minimum absolute atomic E-state index is 0.154. The topological polar surface area (TPSA) is 84.7 Å². The van der Waals surface area contributed by atoms with Gasteiger partial charge in [-0.2, -0.15) is 4.98 Å². The quantitative estimate of drug-likeness (QED) is 0.587. The van der Waals surface area contributed by atoms with E-state index in [-0.39, 0.29) is 23.9 Å². The average Bonchev–Trinajstić information content (AvgIpc) is 3.37. The first-order valence-corrected chi connectivity index (χ1v) is 9.82. The largest absolute Gasteiger partial charge is 0.380 e. The highest BCUT2D eigenvalue weighted by Gasteiger charge is 2.25. The third kappa shape index (κ3) is 2.80. The van der Waals surface area contributed by atoms with Crippen LogP contribution in [0.2, 0.25) is 0 Å². The fourth-order valence-electron chi connectivity index (χ4n) is 4.02. The number of aryl methyl sites for hydroxylation is 2. The van der Waals surface area contributed by atoms with Crippen molar-refractivity contribution in [2.45, 2.75) is 52.8 Å². The van der Waals surface area contributed by atoms with Crippen molar-refractivity contribution >= 4 is 16.9 Å². The average molecular weight is 389 g/mol. The van der Waals surface area contributed by atoms with Crippen LogP contribution in [0, 0.1) is 13.8 Å². The second kappa shape index (κ2) is 7.21. The molecule has 0 aromatic carbocycles. The van der Waals surface area contributed by atoms with E-state index in [0.717, 1.165) is 30.8 Å². The second-order valence-electron chi connectivity index (χ2n) is 7.33. The lowest BCUT2D eigenvalue weighted by atomic mass is 10.2. The maximum Gasteiger partial charge on any atom is 0.332 e. The van der Waals surface area contributed by atoms with Gasteiger partial charge in [0.2, 0.25) is 5.78 Å². The lowest BCUT2D eigenvalue weighted by Gasteiger charge is -2.12. The highest BCUT2D eigenvalue weighted by atomic mass is 16.5. The molecular formula is C19H27N5O4. The predicted octanol–water partition coefficient (Wildman–Crippen LogP) is 0.982. The first-order chi connectivity index (χ1) is 13.5. The standard InChI is InChI=1S/C19H27N5O4/c1-5-27-10-8-22-17(25)15-16(21(4)19(22)26)20-18-23(11-14-7-6-9-28-14)12(2)13(3)24(15)18/h14H,5-11H2,1-4H3/t14-/m0/s1. The second-order valence-corrected chi connectivity index (χ2v) is 7.33. The Morgan fingerprint density at radius 1 is 1.21 bits per heavy atom. The molecule has 1 saturated heterocycles. The van der Waals surface area contributed by atoms with Gasteiger partial charge in [-0.25, -0.2) is 4.79 Å². The minimum Gasteiger partial charge on any atom is -0.380 e. The van der Waals surface area contributed by atoms with Crippen LogP contribution in [-0.2, 0) is 29.6 Å². The Morgan fingerprint density at radius 3 is 2.68 bits per heavy atom. The molecule has 1 aliphatic heterocycles. The normalized spacial score (nSPS) is 17.4. The molecule has 0 bridgehead atoms. The van der Waals surface area contributed by atoms with Crippen LogP contribution in [0.15, 0.2) is 9.59 Å². The Labute approximate surface area is 162 Å². The van der Waals surface area contributed by atoms with Crippen LogP contribution in [0.4, 0.5) is 0 Å². The van der Waals surface area contributed by atoms with Crippen molar-refractivity contribution < 1.29 is 9.47 Å². The molecular weight excluding hydrogens is 362 g/mol. The van der Waals surface area contributed by atoms with Gasteiger partial charge in [-0.05, 0) is 33.6 Å². The molecule has 9 nitrogen and oxygen atoms in total. The number of hydrogen-bond acceptors (Lipinski definition) is 5. The number of rotatable bonds is 6. The van der Waals surface area contributed by atoms with Crippen molar-refractivity contribution in [1.82, 2.24) is 23.1 Å². The van der Waals surface area contributed by atoms with Gasteiger partial charge in [-0.1, -0.05) is 0 Å². The van der Waals surface area contributed by atoms with Crippen LogP contribution >= 0.6 is 0 Å². The molecule has 0 aliphatic carbocycles. The zero-order valence-corrected chi connectivity index (χ0v) is 16.9. The zero-order chi connectivity index (χ0) is 20.0. The van der Waals surface area contributed by atoms with Crippen LogP contribution in [0.25, 0.3) is 16.9 Å². The van der Waals surface area contributed by atoms with Crippen molar-refractivity contribution in [3.8, 4) is 0 Å². The van der Waals surface area contributed by atoms with E-state index in [4.69, 9.17) is 9.47 Å². The van der Waals surface area contributed by atoms with Crippen molar-refractivity contribution in [1.29, 1.82) is 0 Å². The Kier molecular flexibility index (Phi) is 4.88. The molecule has 0 saturated carbocycles. The van der Waals surface area contributed by atoms with Crippen molar-refractivity contribution in [3.63, 3.8) is 0 Å². The fraction of sp³-hybridized carbons (Fsp3) is 0.632. The van der Waals surface area contributed by atoms with Crippen LogP contribution < -0.4 is 11.2 Å². The molecule has 152 valence electrons. The van der Waals surface area contributed by atoms with Gasteiger partial charge in [-0.15, -0.1) is 0 Å². The summed E-state index contributed by atoms with van der Waals surface area (Å²) in [7, 11) is 1.65. The Balaban J connectivity index is 1.94. The fourth-order valence-corrected chi connectivity index (χ4v) is 4.02. The van der Waals surface area contributed by atoms with Gasteiger partial charge in [-0.3, -0.25) is 18.3 Å². The van der Waals surface area contributed by atoms with E-state index >= 15 is 0 Å². The monoisotopic (exact) mass is 389 g/mol. The molecule has 1 aliphatic rings. The van der Waals surface area contributed by atoms with Crippen molar-refractivity contribution in [2.24, 2.45) is 7.05 Å². The Morgan fingerprint density at radius 2 is 2.00 bits per heavy atom. The van der Waals surface area contributed by atoms with Gasteiger partial charge >= 0.3 is 5.69 Å². The molecule has 3 aromatic heterocycles. The Bertz CT molecular complexity index is 1140. The number of ether oxygens (including phenoxy) is 2. The summed E-state index contributed by atoms with van der Waals surface area (Å²) >= 11 is 0. The summed E-state index contributed by atoms with van der Waals surface area (Å²) in [6.07, 6.45) is 2.24. The highest BCUT2D eigenvalue weighted by molar-refractivity contribution is 5.76. The third-order valence-electron chi connectivity index (χ3n) is 5.70. The van der Waals surface area contributed by atoms with Gasteiger partial charge in [0.25, 0.3) is 5.56 Å². The van der Waals surface area contributed by atoms with E-state index in [1.54, 1.807) is 7.05 Å². The SMILES string of the molecule is CCOCCn1c(=O)c2c(nc3n(C[C@@H]4CCCO4)c(C)c(C)n23)n(C)c1=O. The van der Waals surface area contributed by atoms with Crippen molar-refractivity contribution in [3.05, 3.63) is 32.2 Å². The summed E-state index contributed by atoms with van der Waals surface area (Å²) in [6.45, 7) is 8.44. The third-order valence-corrected chi connectivity index (χ3v) is 5.70. The maximum absolute atomic E-state index is 13.2. The van der Waals surface area contributed by atoms with Crippen molar-refractivity contribution in [2.75, 3.05) is 19.8 Å². The number of fused-ring (bicyclic) bond motifs is 3.